The summed E-state index contributed by atoms with van der Waals surface area (Å²) in [6.07, 6.45) is 0.280. The average molecular weight is 380 g/mol. The maximum Gasteiger partial charge on any atom is 0.231 e. The van der Waals surface area contributed by atoms with Gasteiger partial charge < -0.3 is 9.26 Å². The van der Waals surface area contributed by atoms with Crippen molar-refractivity contribution in [1.29, 1.82) is 10.5 Å². The van der Waals surface area contributed by atoms with Gasteiger partial charge in [-0.05, 0) is 23.0 Å². The summed E-state index contributed by atoms with van der Waals surface area (Å²) in [5, 5.41) is 24.8. The van der Waals surface area contributed by atoms with E-state index in [0.29, 0.717) is 11.4 Å². The highest BCUT2D eigenvalue weighted by Crippen LogP contribution is 2.25. The van der Waals surface area contributed by atoms with Crippen LogP contribution >= 0.6 is 0 Å². The number of methoxy groups -OCH3 is 1. The van der Waals surface area contributed by atoms with Crippen LogP contribution in [0.2, 0.25) is 0 Å². The van der Waals surface area contributed by atoms with Gasteiger partial charge in [-0.25, -0.2) is 0 Å². The van der Waals surface area contributed by atoms with Crippen molar-refractivity contribution in [2.24, 2.45) is 11.3 Å². The van der Waals surface area contributed by atoms with Gasteiger partial charge in [-0.1, -0.05) is 50.2 Å². The van der Waals surface area contributed by atoms with Gasteiger partial charge in [0.1, 0.15) is 6.10 Å². The van der Waals surface area contributed by atoms with Crippen molar-refractivity contribution in [2.75, 3.05) is 12.4 Å². The van der Waals surface area contributed by atoms with Crippen LogP contribution in [0.1, 0.15) is 43.7 Å². The highest BCUT2D eigenvalue weighted by molar-refractivity contribution is 5.91. The van der Waals surface area contributed by atoms with Crippen LogP contribution in [-0.4, -0.2) is 18.2 Å². The first-order valence-corrected chi connectivity index (χ1v) is 8.92. The summed E-state index contributed by atoms with van der Waals surface area (Å²) < 4.78 is 10.4. The summed E-state index contributed by atoms with van der Waals surface area (Å²) >= 11 is 0. The Bertz CT molecular complexity index is 868. The Hall–Kier alpha value is -3.16. The predicted molar refractivity (Wildman–Crippen MR) is 103 cm³/mol. The maximum atomic E-state index is 12.2. The second kappa shape index (κ2) is 9.16. The number of nitriles is 2. The Labute approximate surface area is 164 Å². The lowest BCUT2D eigenvalue weighted by Gasteiger charge is -2.16. The number of amides is 1. The number of aromatic nitrogens is 1. The molecule has 0 aliphatic heterocycles. The van der Waals surface area contributed by atoms with Crippen LogP contribution in [0.25, 0.3) is 0 Å². The lowest BCUT2D eigenvalue weighted by Crippen LogP contribution is -2.15. The van der Waals surface area contributed by atoms with Crippen LogP contribution in [0.4, 0.5) is 5.88 Å². The number of anilines is 1. The van der Waals surface area contributed by atoms with Crippen LogP contribution in [-0.2, 0) is 22.4 Å². The number of carbonyl (C=O) groups excluding carboxylic acids is 1. The standard InChI is InChI=1S/C21H24N4O3/c1-21(2,3)11-17-10-19(28-25-17)24-18(26)9-14-5-7-15(8-6-14)20(27-4)16(12-22)13-23/h5-8,10,16,20H,9,11H2,1-4H3,(H,24,26). The number of ether oxygens (including phenoxy) is 1. The molecule has 0 bridgehead atoms. The molecule has 28 heavy (non-hydrogen) atoms. The fourth-order valence-electron chi connectivity index (χ4n) is 2.82. The average Bonchev–Trinajstić information content (AvgIpc) is 3.05. The van der Waals surface area contributed by atoms with Crippen molar-refractivity contribution in [3.8, 4) is 12.1 Å². The third kappa shape index (κ3) is 5.94. The quantitative estimate of drug-likeness (QED) is 0.782. The van der Waals surface area contributed by atoms with Crippen molar-refractivity contribution in [1.82, 2.24) is 5.16 Å². The highest BCUT2D eigenvalue weighted by atomic mass is 16.5. The van der Waals surface area contributed by atoms with Gasteiger partial charge in [-0.15, -0.1) is 0 Å². The molecule has 0 aliphatic rings. The van der Waals surface area contributed by atoms with E-state index in [1.807, 2.05) is 12.1 Å². The van der Waals surface area contributed by atoms with Gasteiger partial charge in [-0.2, -0.15) is 10.5 Å². The molecule has 7 nitrogen and oxygen atoms in total. The highest BCUT2D eigenvalue weighted by Gasteiger charge is 2.22. The molecular weight excluding hydrogens is 356 g/mol. The lowest BCUT2D eigenvalue weighted by molar-refractivity contribution is -0.115. The predicted octanol–water partition coefficient (Wildman–Crippen LogP) is 3.80. The summed E-state index contributed by atoms with van der Waals surface area (Å²) in [7, 11) is 1.46. The molecule has 0 aliphatic carbocycles. The number of hydrogen-bond acceptors (Lipinski definition) is 6. The van der Waals surface area contributed by atoms with Crippen LogP contribution in [0.5, 0.6) is 0 Å². The summed E-state index contributed by atoms with van der Waals surface area (Å²) in [5.41, 5.74) is 2.37. The van der Waals surface area contributed by atoms with E-state index in [1.54, 1.807) is 30.3 Å². The van der Waals surface area contributed by atoms with Crippen molar-refractivity contribution >= 4 is 11.8 Å². The SMILES string of the molecule is COC(c1ccc(CC(=O)Nc2cc(CC(C)(C)C)no2)cc1)C(C#N)C#N. The van der Waals surface area contributed by atoms with Crippen LogP contribution in [0.3, 0.4) is 0 Å². The maximum absolute atomic E-state index is 12.2. The summed E-state index contributed by atoms with van der Waals surface area (Å²) in [5.74, 6) is -0.791. The molecule has 146 valence electrons. The summed E-state index contributed by atoms with van der Waals surface area (Å²) in [6, 6.07) is 12.7. The fraction of sp³-hybridized carbons (Fsp3) is 0.429. The molecule has 0 spiro atoms. The Morgan fingerprint density at radius 2 is 1.89 bits per heavy atom. The van der Waals surface area contributed by atoms with Crippen molar-refractivity contribution in [2.45, 2.75) is 39.7 Å². The fourth-order valence-corrected chi connectivity index (χ4v) is 2.82. The Morgan fingerprint density at radius 3 is 2.43 bits per heavy atom. The molecule has 0 radical (unpaired) electrons. The van der Waals surface area contributed by atoms with E-state index < -0.39 is 12.0 Å². The summed E-state index contributed by atoms with van der Waals surface area (Å²) in [4.78, 5) is 12.2. The van der Waals surface area contributed by atoms with Crippen LogP contribution < -0.4 is 5.32 Å². The zero-order chi connectivity index (χ0) is 20.7. The zero-order valence-corrected chi connectivity index (χ0v) is 16.5. The zero-order valence-electron chi connectivity index (χ0n) is 16.5. The monoisotopic (exact) mass is 380 g/mol. The van der Waals surface area contributed by atoms with Gasteiger partial charge in [0, 0.05) is 13.2 Å². The minimum Gasteiger partial charge on any atom is -0.374 e. The van der Waals surface area contributed by atoms with E-state index in [1.165, 1.54) is 7.11 Å². The first-order chi connectivity index (χ1) is 13.3. The van der Waals surface area contributed by atoms with Crippen LogP contribution in [0, 0.1) is 34.0 Å². The number of carbonyl (C=O) groups is 1. The lowest BCUT2D eigenvalue weighted by atomic mass is 9.91. The minimum atomic E-state index is -0.895. The van der Waals surface area contributed by atoms with Gasteiger partial charge in [0.05, 0.1) is 24.3 Å². The molecule has 0 saturated carbocycles. The molecular formula is C21H24N4O3. The smallest absolute Gasteiger partial charge is 0.231 e. The van der Waals surface area contributed by atoms with Gasteiger partial charge >= 0.3 is 0 Å². The minimum absolute atomic E-state index is 0.0794. The molecule has 2 aromatic rings. The van der Waals surface area contributed by atoms with E-state index in [0.717, 1.165) is 17.7 Å². The van der Waals surface area contributed by atoms with Crippen molar-refractivity contribution in [3.63, 3.8) is 0 Å². The van der Waals surface area contributed by atoms with E-state index >= 15 is 0 Å². The third-order valence-electron chi connectivity index (χ3n) is 4.04. The Morgan fingerprint density at radius 1 is 1.25 bits per heavy atom. The molecule has 1 unspecified atom stereocenters. The number of hydrogen-bond donors (Lipinski definition) is 1. The van der Waals surface area contributed by atoms with E-state index in [2.05, 4.69) is 31.2 Å². The molecule has 1 N–H and O–H groups in total. The second-order valence-electron chi connectivity index (χ2n) is 7.78. The molecule has 0 saturated heterocycles. The normalized spacial score (nSPS) is 12.2. The van der Waals surface area contributed by atoms with Gasteiger partial charge in [-0.3, -0.25) is 10.1 Å². The molecule has 1 aromatic carbocycles. The van der Waals surface area contributed by atoms with E-state index in [-0.39, 0.29) is 17.7 Å². The molecule has 1 amide bonds. The van der Waals surface area contributed by atoms with E-state index in [9.17, 15) is 4.79 Å². The first kappa shape index (κ1) is 21.1. The molecule has 2 rings (SSSR count). The number of nitrogens with one attached hydrogen (secondary N) is 1. The van der Waals surface area contributed by atoms with Crippen LogP contribution in [0.15, 0.2) is 34.9 Å². The largest absolute Gasteiger partial charge is 0.374 e. The molecule has 1 atom stereocenters. The number of benzene rings is 1. The summed E-state index contributed by atoms with van der Waals surface area (Å²) in [6.45, 7) is 6.31. The number of nitrogens with zero attached hydrogens (tertiary/aromatic N) is 3. The van der Waals surface area contributed by atoms with Crippen molar-refractivity contribution < 1.29 is 14.1 Å². The second-order valence-corrected chi connectivity index (χ2v) is 7.78. The topological polar surface area (TPSA) is 112 Å². The Kier molecular flexibility index (Phi) is 6.92. The number of rotatable bonds is 7. The molecule has 1 heterocycles. The molecule has 0 fully saturated rings. The van der Waals surface area contributed by atoms with Gasteiger partial charge in [0.2, 0.25) is 11.8 Å². The third-order valence-corrected chi connectivity index (χ3v) is 4.04. The van der Waals surface area contributed by atoms with Crippen molar-refractivity contribution in [3.05, 3.63) is 47.2 Å². The Balaban J connectivity index is 1.98. The molecule has 1 aromatic heterocycles. The van der Waals surface area contributed by atoms with E-state index in [4.69, 9.17) is 19.8 Å². The first-order valence-electron chi connectivity index (χ1n) is 8.92. The van der Waals surface area contributed by atoms with Gasteiger partial charge in [0.25, 0.3) is 0 Å². The molecule has 7 heteroatoms. The van der Waals surface area contributed by atoms with Gasteiger partial charge in [0.15, 0.2) is 5.92 Å².